The molecule has 0 aromatic rings. The van der Waals surface area contributed by atoms with Gasteiger partial charge in [0.2, 0.25) is 0 Å². The fraction of sp³-hybridized carbons (Fsp3) is 0.900. The number of rotatable bonds is 2. The van der Waals surface area contributed by atoms with Gasteiger partial charge in [0.25, 0.3) is 0 Å². The van der Waals surface area contributed by atoms with E-state index in [0.29, 0.717) is 11.8 Å². The number of hydrogen-bond acceptors (Lipinski definition) is 2. The molecule has 0 spiro atoms. The molecule has 0 saturated heterocycles. The SMILES string of the molecule is CC(C)(C)C12CC3CC(C1)CC(C(C)(C)C)(C3)C2(C(=O)O)C(=O)O. The third kappa shape index (κ3) is 1.65. The van der Waals surface area contributed by atoms with E-state index in [1.165, 1.54) is 0 Å². The van der Waals surface area contributed by atoms with Crippen molar-refractivity contribution in [3.63, 3.8) is 0 Å². The van der Waals surface area contributed by atoms with Crippen molar-refractivity contribution in [2.75, 3.05) is 0 Å². The average molecular weight is 336 g/mol. The van der Waals surface area contributed by atoms with E-state index in [9.17, 15) is 19.8 Å². The van der Waals surface area contributed by atoms with Crippen molar-refractivity contribution in [1.29, 1.82) is 0 Å². The number of carbonyl (C=O) groups is 2. The van der Waals surface area contributed by atoms with Crippen LogP contribution < -0.4 is 0 Å². The van der Waals surface area contributed by atoms with E-state index >= 15 is 0 Å². The molecule has 0 aromatic heterocycles. The van der Waals surface area contributed by atoms with Gasteiger partial charge in [-0.25, -0.2) is 0 Å². The first-order chi connectivity index (χ1) is 10.8. The molecule has 0 aliphatic heterocycles. The van der Waals surface area contributed by atoms with Crippen LogP contribution in [0.15, 0.2) is 0 Å². The minimum Gasteiger partial charge on any atom is -0.480 e. The van der Waals surface area contributed by atoms with Crippen LogP contribution in [0, 0.1) is 38.9 Å². The maximum atomic E-state index is 12.8. The second-order valence-electron chi connectivity index (χ2n) is 10.8. The van der Waals surface area contributed by atoms with Gasteiger partial charge in [0.05, 0.1) is 0 Å². The number of hydrogen-bond donors (Lipinski definition) is 2. The monoisotopic (exact) mass is 336 g/mol. The molecule has 24 heavy (non-hydrogen) atoms. The standard InChI is InChI=1S/C20H32O4/c1-16(2,3)18-8-12-7-13(9-18)11-19(10-12,17(4,5)6)20(18,14(21)22)15(23)24/h12-13H,7-11H2,1-6H3,(H,21,22)(H,23,24). The Bertz CT molecular complexity index is 526. The summed E-state index contributed by atoms with van der Waals surface area (Å²) >= 11 is 0. The van der Waals surface area contributed by atoms with Crippen LogP contribution in [0.5, 0.6) is 0 Å². The highest BCUT2D eigenvalue weighted by atomic mass is 16.4. The third-order valence-corrected chi connectivity index (χ3v) is 8.16. The molecule has 4 saturated carbocycles. The molecule has 4 aliphatic rings. The van der Waals surface area contributed by atoms with E-state index in [2.05, 4.69) is 41.5 Å². The van der Waals surface area contributed by atoms with Crippen molar-refractivity contribution >= 4 is 11.9 Å². The molecule has 0 atom stereocenters. The van der Waals surface area contributed by atoms with Crippen LogP contribution in [0.4, 0.5) is 0 Å². The van der Waals surface area contributed by atoms with Crippen LogP contribution in [0.2, 0.25) is 0 Å². The summed E-state index contributed by atoms with van der Waals surface area (Å²) in [6.45, 7) is 12.3. The van der Waals surface area contributed by atoms with Gasteiger partial charge >= 0.3 is 11.9 Å². The lowest BCUT2D eigenvalue weighted by Crippen LogP contribution is -2.77. The lowest BCUT2D eigenvalue weighted by molar-refractivity contribution is -0.290. The predicted octanol–water partition coefficient (Wildman–Crippen LogP) is 4.43. The Morgan fingerprint density at radius 2 is 1.04 bits per heavy atom. The highest BCUT2D eigenvalue weighted by molar-refractivity contribution is 6.01. The lowest BCUT2D eigenvalue weighted by Gasteiger charge is -2.75. The summed E-state index contributed by atoms with van der Waals surface area (Å²) in [5.74, 6) is -1.30. The van der Waals surface area contributed by atoms with Crippen molar-refractivity contribution in [2.45, 2.75) is 73.6 Å². The van der Waals surface area contributed by atoms with Gasteiger partial charge in [-0.2, -0.15) is 0 Å². The number of aliphatic carboxylic acids is 2. The van der Waals surface area contributed by atoms with Crippen molar-refractivity contribution in [3.8, 4) is 0 Å². The zero-order valence-electron chi connectivity index (χ0n) is 15.9. The highest BCUT2D eigenvalue weighted by Gasteiger charge is 2.83. The van der Waals surface area contributed by atoms with Crippen molar-refractivity contribution in [3.05, 3.63) is 0 Å². The van der Waals surface area contributed by atoms with Gasteiger partial charge in [0.15, 0.2) is 5.41 Å². The first-order valence-electron chi connectivity index (χ1n) is 9.22. The molecule has 0 radical (unpaired) electrons. The second kappa shape index (κ2) is 4.56. The van der Waals surface area contributed by atoms with Crippen molar-refractivity contribution < 1.29 is 19.8 Å². The largest absolute Gasteiger partial charge is 0.480 e. The quantitative estimate of drug-likeness (QED) is 0.732. The van der Waals surface area contributed by atoms with Crippen LogP contribution >= 0.6 is 0 Å². The van der Waals surface area contributed by atoms with E-state index in [-0.39, 0.29) is 10.8 Å². The Labute approximate surface area is 145 Å². The summed E-state index contributed by atoms with van der Waals surface area (Å²) in [6, 6.07) is 0. The van der Waals surface area contributed by atoms with Crippen LogP contribution in [0.3, 0.4) is 0 Å². The summed E-state index contributed by atoms with van der Waals surface area (Å²) in [5, 5.41) is 20.9. The minimum atomic E-state index is -1.70. The minimum absolute atomic E-state index is 0.363. The van der Waals surface area contributed by atoms with E-state index < -0.39 is 28.2 Å². The molecule has 0 aromatic carbocycles. The topological polar surface area (TPSA) is 74.6 Å². The molecule has 4 rings (SSSR count). The van der Waals surface area contributed by atoms with Gasteiger partial charge < -0.3 is 10.2 Å². The van der Waals surface area contributed by atoms with E-state index in [1.807, 2.05) is 0 Å². The van der Waals surface area contributed by atoms with Gasteiger partial charge in [-0.1, -0.05) is 41.5 Å². The summed E-state index contributed by atoms with van der Waals surface area (Å²) in [6.07, 6.45) is 4.10. The number of carboxylic acid groups (broad SMARTS) is 2. The zero-order chi connectivity index (χ0) is 18.3. The summed E-state index contributed by atoms with van der Waals surface area (Å²) in [5.41, 5.74) is -3.80. The molecular weight excluding hydrogens is 304 g/mol. The Kier molecular flexibility index (Phi) is 3.37. The Morgan fingerprint density at radius 3 is 1.25 bits per heavy atom. The van der Waals surface area contributed by atoms with Crippen molar-refractivity contribution in [2.24, 2.45) is 38.9 Å². The van der Waals surface area contributed by atoms with E-state index in [1.54, 1.807) is 0 Å². The Morgan fingerprint density at radius 1 is 0.750 bits per heavy atom. The second-order valence-corrected chi connectivity index (χ2v) is 10.8. The average Bonchev–Trinajstić information content (AvgIpc) is 2.33. The maximum Gasteiger partial charge on any atom is 0.322 e. The highest BCUT2D eigenvalue weighted by Crippen LogP contribution is 2.81. The molecule has 4 nitrogen and oxygen atoms in total. The summed E-state index contributed by atoms with van der Waals surface area (Å²) < 4.78 is 0. The normalized spacial score (nSPS) is 40.6. The molecule has 4 bridgehead atoms. The van der Waals surface area contributed by atoms with Gasteiger partial charge in [-0.3, -0.25) is 9.59 Å². The van der Waals surface area contributed by atoms with E-state index in [4.69, 9.17) is 0 Å². The molecule has 2 N–H and O–H groups in total. The van der Waals surface area contributed by atoms with Gasteiger partial charge in [0, 0.05) is 10.8 Å². The van der Waals surface area contributed by atoms with Gasteiger partial charge in [0.1, 0.15) is 0 Å². The van der Waals surface area contributed by atoms with E-state index in [0.717, 1.165) is 32.1 Å². The molecular formula is C20H32O4. The number of carboxylic acids is 2. The smallest absolute Gasteiger partial charge is 0.322 e. The zero-order valence-corrected chi connectivity index (χ0v) is 15.9. The summed E-state index contributed by atoms with van der Waals surface area (Å²) in [4.78, 5) is 25.6. The summed E-state index contributed by atoms with van der Waals surface area (Å²) in [7, 11) is 0. The fourth-order valence-electron chi connectivity index (χ4n) is 7.42. The molecule has 0 amide bonds. The third-order valence-electron chi connectivity index (χ3n) is 8.16. The molecule has 136 valence electrons. The Hall–Kier alpha value is -1.06. The molecule has 4 fully saturated rings. The van der Waals surface area contributed by atoms with Gasteiger partial charge in [-0.05, 0) is 54.8 Å². The molecule has 4 aliphatic carbocycles. The predicted molar refractivity (Wildman–Crippen MR) is 91.5 cm³/mol. The van der Waals surface area contributed by atoms with Crippen LogP contribution in [0.1, 0.15) is 73.6 Å². The van der Waals surface area contributed by atoms with Crippen molar-refractivity contribution in [1.82, 2.24) is 0 Å². The molecule has 0 unspecified atom stereocenters. The first kappa shape index (κ1) is 17.8. The molecule has 0 heterocycles. The fourth-order valence-corrected chi connectivity index (χ4v) is 7.42. The van der Waals surface area contributed by atoms with Crippen LogP contribution in [0.25, 0.3) is 0 Å². The Balaban J connectivity index is 2.42. The molecule has 4 heteroatoms. The lowest BCUT2D eigenvalue weighted by atomic mass is 9.26. The van der Waals surface area contributed by atoms with Crippen LogP contribution in [-0.4, -0.2) is 22.2 Å². The maximum absolute atomic E-state index is 12.8. The van der Waals surface area contributed by atoms with Gasteiger partial charge in [-0.15, -0.1) is 0 Å². The van der Waals surface area contributed by atoms with Crippen LogP contribution in [-0.2, 0) is 9.59 Å². The first-order valence-corrected chi connectivity index (χ1v) is 9.22.